The molecule has 0 saturated carbocycles. The maximum atomic E-state index is 12.5. The summed E-state index contributed by atoms with van der Waals surface area (Å²) in [6.45, 7) is 1.02. The molecule has 2 aromatic rings. The summed E-state index contributed by atoms with van der Waals surface area (Å²) in [4.78, 5) is 27.6. The van der Waals surface area contributed by atoms with Crippen molar-refractivity contribution < 1.29 is 14.3 Å². The largest absolute Gasteiger partial charge is 0.375 e. The van der Waals surface area contributed by atoms with Crippen molar-refractivity contribution in [2.24, 2.45) is 11.1 Å². The molecule has 1 aliphatic heterocycles. The molecule has 2 heterocycles. The second-order valence-electron chi connectivity index (χ2n) is 6.81. The van der Waals surface area contributed by atoms with E-state index >= 15 is 0 Å². The number of nitrogens with zero attached hydrogens (tertiary/aromatic N) is 1. The van der Waals surface area contributed by atoms with Crippen LogP contribution in [0.3, 0.4) is 0 Å². The van der Waals surface area contributed by atoms with Crippen molar-refractivity contribution >= 4 is 23.2 Å². The number of carbonyl (C=O) groups is 2. The number of hydrogen-bond acceptors (Lipinski definition) is 4. The van der Waals surface area contributed by atoms with Crippen molar-refractivity contribution in [3.63, 3.8) is 0 Å². The first kappa shape index (κ1) is 18.6. The Labute approximate surface area is 157 Å². The molecule has 0 spiro atoms. The van der Waals surface area contributed by atoms with Gasteiger partial charge in [0.25, 0.3) is 0 Å². The number of thiophene rings is 1. The van der Waals surface area contributed by atoms with Gasteiger partial charge in [-0.3, -0.25) is 9.59 Å². The summed E-state index contributed by atoms with van der Waals surface area (Å²) in [6, 6.07) is 12.2. The minimum atomic E-state index is -0.741. The molecule has 2 N–H and O–H groups in total. The van der Waals surface area contributed by atoms with E-state index in [0.29, 0.717) is 25.9 Å². The highest BCUT2D eigenvalue weighted by molar-refractivity contribution is 7.13. The van der Waals surface area contributed by atoms with Gasteiger partial charge in [-0.05, 0) is 41.8 Å². The van der Waals surface area contributed by atoms with Gasteiger partial charge in [-0.15, -0.1) is 11.3 Å². The fourth-order valence-electron chi connectivity index (χ4n) is 3.70. The fraction of sp³-hybridized carbons (Fsp3) is 0.400. The van der Waals surface area contributed by atoms with E-state index in [2.05, 4.69) is 18.2 Å². The Bertz CT molecular complexity index is 775. The number of methoxy groups -OCH3 is 1. The molecule has 1 atom stereocenters. The summed E-state index contributed by atoms with van der Waals surface area (Å²) >= 11 is 1.67. The van der Waals surface area contributed by atoms with Crippen LogP contribution in [0.4, 0.5) is 0 Å². The van der Waals surface area contributed by atoms with Gasteiger partial charge in [-0.25, -0.2) is 0 Å². The van der Waals surface area contributed by atoms with E-state index in [4.69, 9.17) is 10.5 Å². The topological polar surface area (TPSA) is 72.6 Å². The number of likely N-dealkylation sites (tertiary alicyclic amines) is 1. The van der Waals surface area contributed by atoms with Crippen LogP contribution in [0.15, 0.2) is 41.8 Å². The summed E-state index contributed by atoms with van der Waals surface area (Å²) in [7, 11) is 1.50. The smallest absolute Gasteiger partial charge is 0.248 e. The van der Waals surface area contributed by atoms with Crippen LogP contribution >= 0.6 is 11.3 Å². The molecule has 0 unspecified atom stereocenters. The predicted octanol–water partition coefficient (Wildman–Crippen LogP) is 2.70. The van der Waals surface area contributed by atoms with Crippen molar-refractivity contribution in [1.29, 1.82) is 0 Å². The Morgan fingerprint density at radius 3 is 2.77 bits per heavy atom. The molecule has 26 heavy (non-hydrogen) atoms. The Hall–Kier alpha value is -2.18. The zero-order valence-electron chi connectivity index (χ0n) is 14.9. The number of carbonyl (C=O) groups excluding carboxylic acids is 2. The standard InChI is InChI=1S/C20H24N2O3S/c1-25-13-18(23)22-10-5-9-20(14-22,19(21)24)12-15-6-2-3-7-16(15)17-8-4-11-26-17/h2-4,6-8,11H,5,9-10,12-14H2,1H3,(H2,21,24)/t20-/m0/s1. The number of piperidine rings is 1. The maximum absolute atomic E-state index is 12.5. The van der Waals surface area contributed by atoms with E-state index in [-0.39, 0.29) is 18.4 Å². The van der Waals surface area contributed by atoms with Crippen LogP contribution in [0, 0.1) is 5.41 Å². The van der Waals surface area contributed by atoms with E-state index in [9.17, 15) is 9.59 Å². The summed E-state index contributed by atoms with van der Waals surface area (Å²) in [6.07, 6.45) is 1.99. The molecular weight excluding hydrogens is 348 g/mol. The Kier molecular flexibility index (Phi) is 5.74. The number of hydrogen-bond donors (Lipinski definition) is 1. The maximum Gasteiger partial charge on any atom is 0.248 e. The van der Waals surface area contributed by atoms with Gasteiger partial charge in [0.15, 0.2) is 0 Å². The minimum absolute atomic E-state index is 0.0284. The zero-order chi connectivity index (χ0) is 18.6. The number of benzene rings is 1. The lowest BCUT2D eigenvalue weighted by atomic mass is 9.73. The van der Waals surface area contributed by atoms with Gasteiger partial charge in [0, 0.05) is 25.1 Å². The molecule has 138 valence electrons. The first-order chi connectivity index (χ1) is 12.6. The quantitative estimate of drug-likeness (QED) is 0.847. The predicted molar refractivity (Wildman–Crippen MR) is 103 cm³/mol. The Morgan fingerprint density at radius 2 is 2.08 bits per heavy atom. The lowest BCUT2D eigenvalue weighted by Gasteiger charge is -2.41. The van der Waals surface area contributed by atoms with Gasteiger partial charge in [0.05, 0.1) is 5.41 Å². The minimum Gasteiger partial charge on any atom is -0.375 e. The first-order valence-electron chi connectivity index (χ1n) is 8.74. The van der Waals surface area contributed by atoms with Crippen molar-refractivity contribution in [2.45, 2.75) is 19.3 Å². The second-order valence-corrected chi connectivity index (χ2v) is 7.76. The molecule has 1 aromatic heterocycles. The van der Waals surface area contributed by atoms with Crippen LogP contribution < -0.4 is 5.73 Å². The SMILES string of the molecule is COCC(=O)N1CCC[C@@](Cc2ccccc2-c2cccs2)(C(N)=O)C1. The summed E-state index contributed by atoms with van der Waals surface area (Å²) in [5, 5.41) is 2.04. The fourth-order valence-corrected chi connectivity index (χ4v) is 4.49. The molecule has 1 fully saturated rings. The van der Waals surface area contributed by atoms with Crippen LogP contribution in [0.25, 0.3) is 10.4 Å². The third-order valence-electron chi connectivity index (χ3n) is 5.05. The molecule has 0 bridgehead atoms. The van der Waals surface area contributed by atoms with Crippen LogP contribution in [-0.2, 0) is 20.7 Å². The summed E-state index contributed by atoms with van der Waals surface area (Å²) in [5.74, 6) is -0.433. The highest BCUT2D eigenvalue weighted by atomic mass is 32.1. The molecule has 3 rings (SSSR count). The van der Waals surface area contributed by atoms with Gasteiger partial charge in [-0.1, -0.05) is 30.3 Å². The van der Waals surface area contributed by atoms with Crippen LogP contribution in [0.5, 0.6) is 0 Å². The van der Waals surface area contributed by atoms with Crippen LogP contribution in [-0.4, -0.2) is 43.5 Å². The molecule has 0 radical (unpaired) electrons. The van der Waals surface area contributed by atoms with Crippen molar-refractivity contribution in [3.8, 4) is 10.4 Å². The van der Waals surface area contributed by atoms with E-state index in [1.165, 1.54) is 12.0 Å². The van der Waals surface area contributed by atoms with Crippen molar-refractivity contribution in [2.75, 3.05) is 26.8 Å². The lowest BCUT2D eigenvalue weighted by molar-refractivity contribution is -0.142. The van der Waals surface area contributed by atoms with Gasteiger partial charge >= 0.3 is 0 Å². The highest BCUT2D eigenvalue weighted by Crippen LogP contribution is 2.37. The third-order valence-corrected chi connectivity index (χ3v) is 5.96. The van der Waals surface area contributed by atoms with Crippen LogP contribution in [0.2, 0.25) is 0 Å². The number of ether oxygens (including phenoxy) is 1. The van der Waals surface area contributed by atoms with Crippen molar-refractivity contribution in [1.82, 2.24) is 4.90 Å². The third kappa shape index (κ3) is 3.81. The number of nitrogens with two attached hydrogens (primary N) is 1. The molecule has 1 aliphatic rings. The van der Waals surface area contributed by atoms with E-state index in [1.54, 1.807) is 16.2 Å². The van der Waals surface area contributed by atoms with E-state index in [0.717, 1.165) is 17.5 Å². The van der Waals surface area contributed by atoms with Gasteiger partial charge in [-0.2, -0.15) is 0 Å². The van der Waals surface area contributed by atoms with Crippen LogP contribution in [0.1, 0.15) is 18.4 Å². The molecule has 2 amide bonds. The van der Waals surface area contributed by atoms with Crippen molar-refractivity contribution in [3.05, 3.63) is 47.3 Å². The molecule has 5 nitrogen and oxygen atoms in total. The highest BCUT2D eigenvalue weighted by Gasteiger charge is 2.42. The Balaban J connectivity index is 1.90. The first-order valence-corrected chi connectivity index (χ1v) is 9.62. The van der Waals surface area contributed by atoms with E-state index < -0.39 is 5.41 Å². The number of amides is 2. The van der Waals surface area contributed by atoms with Gasteiger partial charge < -0.3 is 15.4 Å². The van der Waals surface area contributed by atoms with E-state index in [1.807, 2.05) is 23.6 Å². The molecule has 1 saturated heterocycles. The Morgan fingerprint density at radius 1 is 1.27 bits per heavy atom. The molecular formula is C20H24N2O3S. The summed E-state index contributed by atoms with van der Waals surface area (Å²) in [5.41, 5.74) is 7.33. The average Bonchev–Trinajstić information content (AvgIpc) is 3.17. The molecule has 0 aliphatic carbocycles. The molecule has 6 heteroatoms. The average molecular weight is 372 g/mol. The normalized spacial score (nSPS) is 20.1. The second kappa shape index (κ2) is 8.01. The van der Waals surface area contributed by atoms with Gasteiger partial charge in [0.1, 0.15) is 6.61 Å². The zero-order valence-corrected chi connectivity index (χ0v) is 15.8. The lowest BCUT2D eigenvalue weighted by Crippen LogP contribution is -2.53. The summed E-state index contributed by atoms with van der Waals surface area (Å²) < 4.78 is 4.97. The molecule has 1 aromatic carbocycles. The number of rotatable bonds is 6. The van der Waals surface area contributed by atoms with Gasteiger partial charge in [0.2, 0.25) is 11.8 Å². The monoisotopic (exact) mass is 372 g/mol. The number of primary amides is 1.